The zero-order valence-electron chi connectivity index (χ0n) is 17.8. The molecule has 0 spiro atoms. The van der Waals surface area contributed by atoms with Crippen LogP contribution in [0.15, 0.2) is 91.1 Å². The quantitative estimate of drug-likeness (QED) is 0.415. The van der Waals surface area contributed by atoms with E-state index in [1.54, 1.807) is 23.0 Å². The Labute approximate surface area is 190 Å². The van der Waals surface area contributed by atoms with Gasteiger partial charge in [-0.3, -0.25) is 4.79 Å². The third-order valence-electron chi connectivity index (χ3n) is 4.99. The number of rotatable bonds is 8. The van der Waals surface area contributed by atoms with Gasteiger partial charge in [-0.1, -0.05) is 48.5 Å². The van der Waals surface area contributed by atoms with Crippen LogP contribution in [0.2, 0.25) is 0 Å². The molecule has 1 heterocycles. The van der Waals surface area contributed by atoms with E-state index in [4.69, 9.17) is 4.74 Å². The molecule has 1 amide bonds. The van der Waals surface area contributed by atoms with Crippen molar-refractivity contribution in [2.75, 3.05) is 13.2 Å². The molecular weight excluding hydrogens is 421 g/mol. The Balaban J connectivity index is 1.45. The molecule has 4 rings (SSSR count). The summed E-state index contributed by atoms with van der Waals surface area (Å²) in [6.45, 7) is 0.0279. The van der Waals surface area contributed by atoms with Crippen molar-refractivity contribution < 1.29 is 18.7 Å². The summed E-state index contributed by atoms with van der Waals surface area (Å²) in [5.41, 5.74) is 2.94. The number of para-hydroxylation sites is 1. The molecule has 0 saturated heterocycles. The van der Waals surface area contributed by atoms with Crippen LogP contribution in [0.4, 0.5) is 4.39 Å². The van der Waals surface area contributed by atoms with E-state index < -0.39 is 24.3 Å². The molecule has 0 atom stereocenters. The fourth-order valence-corrected chi connectivity index (χ4v) is 3.31. The van der Waals surface area contributed by atoms with Crippen LogP contribution in [0, 0.1) is 5.82 Å². The Morgan fingerprint density at radius 3 is 2.27 bits per heavy atom. The van der Waals surface area contributed by atoms with Gasteiger partial charge in [0.2, 0.25) is 0 Å². The number of carbonyl (C=O) groups excluding carboxylic acids is 2. The van der Waals surface area contributed by atoms with Gasteiger partial charge in [0, 0.05) is 18.3 Å². The van der Waals surface area contributed by atoms with Crippen molar-refractivity contribution >= 4 is 11.9 Å². The molecular formula is C26H22FN3O3. The van der Waals surface area contributed by atoms with Gasteiger partial charge in [0.25, 0.3) is 5.91 Å². The highest BCUT2D eigenvalue weighted by atomic mass is 19.1. The fraction of sp³-hybridized carbons (Fsp3) is 0.115. The standard InChI is InChI=1S/C26H22FN3O3/c27-21-13-11-20(12-14-21)25-23(17-30(29-25)22-9-5-2-6-10-22)26(32)33-18-24(31)28-16-15-19-7-3-1-4-8-19/h1-14,17H,15-16,18H2,(H,28,31). The topological polar surface area (TPSA) is 73.2 Å². The number of amides is 1. The van der Waals surface area contributed by atoms with Crippen molar-refractivity contribution in [1.82, 2.24) is 15.1 Å². The van der Waals surface area contributed by atoms with Crippen LogP contribution in [-0.4, -0.2) is 34.8 Å². The van der Waals surface area contributed by atoms with Crippen molar-refractivity contribution in [2.45, 2.75) is 6.42 Å². The van der Waals surface area contributed by atoms with Gasteiger partial charge in [-0.15, -0.1) is 0 Å². The van der Waals surface area contributed by atoms with Gasteiger partial charge < -0.3 is 10.1 Å². The lowest BCUT2D eigenvalue weighted by molar-refractivity contribution is -0.124. The number of halogens is 1. The van der Waals surface area contributed by atoms with Gasteiger partial charge >= 0.3 is 5.97 Å². The number of nitrogens with one attached hydrogen (secondary N) is 1. The van der Waals surface area contributed by atoms with Crippen LogP contribution < -0.4 is 5.32 Å². The minimum absolute atomic E-state index is 0.183. The molecule has 3 aromatic carbocycles. The summed E-state index contributed by atoms with van der Waals surface area (Å²) in [6.07, 6.45) is 2.22. The lowest BCUT2D eigenvalue weighted by Crippen LogP contribution is -2.30. The van der Waals surface area contributed by atoms with E-state index in [-0.39, 0.29) is 5.56 Å². The zero-order chi connectivity index (χ0) is 23.0. The fourth-order valence-electron chi connectivity index (χ4n) is 3.31. The summed E-state index contributed by atoms with van der Waals surface area (Å²) in [4.78, 5) is 25.0. The molecule has 166 valence electrons. The van der Waals surface area contributed by atoms with Gasteiger partial charge in [0.1, 0.15) is 17.1 Å². The van der Waals surface area contributed by atoms with Crippen molar-refractivity contribution in [3.05, 3.63) is 108 Å². The number of carbonyl (C=O) groups is 2. The van der Waals surface area contributed by atoms with Crippen LogP contribution >= 0.6 is 0 Å². The van der Waals surface area contributed by atoms with Crippen LogP contribution in [0.3, 0.4) is 0 Å². The number of benzene rings is 3. The summed E-state index contributed by atoms with van der Waals surface area (Å²) in [7, 11) is 0. The number of ether oxygens (including phenoxy) is 1. The maximum absolute atomic E-state index is 13.4. The van der Waals surface area contributed by atoms with E-state index in [0.29, 0.717) is 24.2 Å². The average molecular weight is 443 g/mol. The number of hydrogen-bond donors (Lipinski definition) is 1. The summed E-state index contributed by atoms with van der Waals surface area (Å²) in [5.74, 6) is -1.47. The van der Waals surface area contributed by atoms with Crippen LogP contribution in [-0.2, 0) is 16.0 Å². The molecule has 0 unspecified atom stereocenters. The lowest BCUT2D eigenvalue weighted by Gasteiger charge is -2.07. The van der Waals surface area contributed by atoms with Crippen LogP contribution in [0.5, 0.6) is 0 Å². The van der Waals surface area contributed by atoms with E-state index in [0.717, 1.165) is 11.3 Å². The Bertz CT molecular complexity index is 1220. The molecule has 0 saturated carbocycles. The van der Waals surface area contributed by atoms with Gasteiger partial charge in [-0.25, -0.2) is 13.9 Å². The number of esters is 1. The Morgan fingerprint density at radius 1 is 0.909 bits per heavy atom. The molecule has 7 heteroatoms. The first-order valence-corrected chi connectivity index (χ1v) is 10.5. The maximum atomic E-state index is 13.4. The minimum atomic E-state index is -0.685. The molecule has 0 aliphatic rings. The summed E-state index contributed by atoms with van der Waals surface area (Å²) >= 11 is 0. The van der Waals surface area contributed by atoms with E-state index in [1.807, 2.05) is 60.7 Å². The third-order valence-corrected chi connectivity index (χ3v) is 4.99. The number of nitrogens with zero attached hydrogens (tertiary/aromatic N) is 2. The van der Waals surface area contributed by atoms with Gasteiger partial charge in [-0.05, 0) is 48.4 Å². The molecule has 4 aromatic rings. The Kier molecular flexibility index (Phi) is 6.90. The van der Waals surface area contributed by atoms with Crippen molar-refractivity contribution in [3.63, 3.8) is 0 Å². The smallest absolute Gasteiger partial charge is 0.342 e. The second-order valence-electron chi connectivity index (χ2n) is 7.34. The van der Waals surface area contributed by atoms with E-state index >= 15 is 0 Å². The predicted molar refractivity (Wildman–Crippen MR) is 122 cm³/mol. The van der Waals surface area contributed by atoms with E-state index in [9.17, 15) is 14.0 Å². The predicted octanol–water partition coefficient (Wildman–Crippen LogP) is 4.19. The second kappa shape index (κ2) is 10.4. The normalized spacial score (nSPS) is 10.6. The molecule has 1 N–H and O–H groups in total. The molecule has 0 aliphatic carbocycles. The second-order valence-corrected chi connectivity index (χ2v) is 7.34. The largest absolute Gasteiger partial charge is 0.452 e. The maximum Gasteiger partial charge on any atom is 0.342 e. The van der Waals surface area contributed by atoms with Crippen molar-refractivity contribution in [2.24, 2.45) is 0 Å². The Morgan fingerprint density at radius 2 is 1.58 bits per heavy atom. The molecule has 6 nitrogen and oxygen atoms in total. The first-order chi connectivity index (χ1) is 16.1. The first kappa shape index (κ1) is 22.0. The lowest BCUT2D eigenvalue weighted by atomic mass is 10.1. The molecule has 33 heavy (non-hydrogen) atoms. The van der Waals surface area contributed by atoms with Gasteiger partial charge in [0.15, 0.2) is 6.61 Å². The highest BCUT2D eigenvalue weighted by molar-refractivity contribution is 5.97. The van der Waals surface area contributed by atoms with Crippen molar-refractivity contribution in [1.29, 1.82) is 0 Å². The monoisotopic (exact) mass is 443 g/mol. The molecule has 1 aromatic heterocycles. The van der Waals surface area contributed by atoms with E-state index in [2.05, 4.69) is 10.4 Å². The first-order valence-electron chi connectivity index (χ1n) is 10.5. The highest BCUT2D eigenvalue weighted by Gasteiger charge is 2.21. The van der Waals surface area contributed by atoms with Crippen LogP contribution in [0.25, 0.3) is 16.9 Å². The molecule has 0 bridgehead atoms. The Hall–Kier alpha value is -4.26. The van der Waals surface area contributed by atoms with E-state index in [1.165, 1.54) is 12.1 Å². The summed E-state index contributed by atoms with van der Waals surface area (Å²) in [6, 6.07) is 24.7. The number of aromatic nitrogens is 2. The average Bonchev–Trinajstić information content (AvgIpc) is 3.30. The molecule has 0 fully saturated rings. The summed E-state index contributed by atoms with van der Waals surface area (Å²) < 4.78 is 20.2. The summed E-state index contributed by atoms with van der Waals surface area (Å²) in [5, 5.41) is 7.25. The molecule has 0 aliphatic heterocycles. The number of hydrogen-bond acceptors (Lipinski definition) is 4. The SMILES string of the molecule is O=C(COC(=O)c1cn(-c2ccccc2)nc1-c1ccc(F)cc1)NCCc1ccccc1. The van der Waals surface area contributed by atoms with Gasteiger partial charge in [-0.2, -0.15) is 5.10 Å². The van der Waals surface area contributed by atoms with Crippen LogP contribution in [0.1, 0.15) is 15.9 Å². The highest BCUT2D eigenvalue weighted by Crippen LogP contribution is 2.25. The third kappa shape index (κ3) is 5.71. The van der Waals surface area contributed by atoms with Crippen molar-refractivity contribution in [3.8, 4) is 16.9 Å². The minimum Gasteiger partial charge on any atom is -0.452 e. The van der Waals surface area contributed by atoms with Gasteiger partial charge in [0.05, 0.1) is 5.69 Å². The molecule has 0 radical (unpaired) electrons. The zero-order valence-corrected chi connectivity index (χ0v) is 17.8.